The molecule has 24 heavy (non-hydrogen) atoms. The Labute approximate surface area is 145 Å². The van der Waals surface area contributed by atoms with Crippen molar-refractivity contribution >= 4 is 11.8 Å². The Kier molecular flexibility index (Phi) is 5.66. The van der Waals surface area contributed by atoms with E-state index in [-0.39, 0.29) is 0 Å². The molecule has 2 aromatic heterocycles. The molecule has 0 bridgehead atoms. The molecular formula is C17H20N4O2S. The van der Waals surface area contributed by atoms with Gasteiger partial charge in [0.25, 0.3) is 0 Å². The third kappa shape index (κ3) is 4.04. The van der Waals surface area contributed by atoms with Gasteiger partial charge in [0.2, 0.25) is 5.89 Å². The summed E-state index contributed by atoms with van der Waals surface area (Å²) in [4.78, 5) is 4.62. The lowest BCUT2D eigenvalue weighted by Crippen LogP contribution is -2.02. The smallest absolute Gasteiger partial charge is 0.226 e. The standard InChI is InChI=1S/C17H20N4O2S/c1-13-15(19-16(23-13)14-7-4-3-5-8-14)11-24-17-20-18-12-21(17)9-6-10-22-2/h3-5,7-8,12H,6,9-11H2,1-2H3. The van der Waals surface area contributed by atoms with E-state index in [4.69, 9.17) is 9.15 Å². The molecule has 0 aliphatic rings. The van der Waals surface area contributed by atoms with Crippen molar-refractivity contribution in [2.24, 2.45) is 0 Å². The molecule has 0 saturated heterocycles. The zero-order chi connectivity index (χ0) is 16.8. The average molecular weight is 344 g/mol. The molecule has 3 rings (SSSR count). The van der Waals surface area contributed by atoms with Gasteiger partial charge in [0.15, 0.2) is 5.16 Å². The van der Waals surface area contributed by atoms with E-state index in [0.29, 0.717) is 11.6 Å². The van der Waals surface area contributed by atoms with Crippen LogP contribution in [0.3, 0.4) is 0 Å². The number of thioether (sulfide) groups is 1. The average Bonchev–Trinajstić information content (AvgIpc) is 3.20. The highest BCUT2D eigenvalue weighted by molar-refractivity contribution is 7.98. The molecule has 126 valence electrons. The maximum absolute atomic E-state index is 5.80. The van der Waals surface area contributed by atoms with Crippen LogP contribution in [-0.4, -0.2) is 33.5 Å². The number of methoxy groups -OCH3 is 1. The fraction of sp³-hybridized carbons (Fsp3) is 0.353. The Morgan fingerprint density at radius 2 is 2.08 bits per heavy atom. The van der Waals surface area contributed by atoms with Crippen molar-refractivity contribution in [2.45, 2.75) is 30.8 Å². The molecule has 2 heterocycles. The second-order valence-corrected chi connectivity index (χ2v) is 6.27. The number of rotatable bonds is 8. The van der Waals surface area contributed by atoms with Crippen LogP contribution in [0.25, 0.3) is 11.5 Å². The summed E-state index contributed by atoms with van der Waals surface area (Å²) in [5, 5.41) is 9.06. The molecule has 0 saturated carbocycles. The number of aryl methyl sites for hydroxylation is 2. The molecular weight excluding hydrogens is 324 g/mol. The third-order valence-electron chi connectivity index (χ3n) is 3.58. The number of aromatic nitrogens is 4. The van der Waals surface area contributed by atoms with Crippen LogP contribution in [0, 0.1) is 6.92 Å². The monoisotopic (exact) mass is 344 g/mol. The SMILES string of the molecule is COCCCn1cnnc1SCc1nc(-c2ccccc2)oc1C. The van der Waals surface area contributed by atoms with E-state index in [2.05, 4.69) is 15.2 Å². The van der Waals surface area contributed by atoms with Gasteiger partial charge >= 0.3 is 0 Å². The summed E-state index contributed by atoms with van der Waals surface area (Å²) in [6.45, 7) is 3.51. The van der Waals surface area contributed by atoms with Crippen molar-refractivity contribution in [3.63, 3.8) is 0 Å². The number of hydrogen-bond donors (Lipinski definition) is 0. The van der Waals surface area contributed by atoms with Gasteiger partial charge in [0, 0.05) is 31.6 Å². The van der Waals surface area contributed by atoms with Gasteiger partial charge in [-0.25, -0.2) is 4.98 Å². The molecule has 6 nitrogen and oxygen atoms in total. The van der Waals surface area contributed by atoms with Gasteiger partial charge in [-0.15, -0.1) is 10.2 Å². The number of nitrogens with zero attached hydrogens (tertiary/aromatic N) is 4. The predicted molar refractivity (Wildman–Crippen MR) is 92.8 cm³/mol. The first-order valence-corrected chi connectivity index (χ1v) is 8.77. The van der Waals surface area contributed by atoms with Crippen LogP contribution >= 0.6 is 11.8 Å². The van der Waals surface area contributed by atoms with Gasteiger partial charge in [-0.1, -0.05) is 30.0 Å². The molecule has 0 unspecified atom stereocenters. The van der Waals surface area contributed by atoms with Gasteiger partial charge in [-0.3, -0.25) is 0 Å². The second-order valence-electron chi connectivity index (χ2n) is 5.33. The molecule has 0 N–H and O–H groups in total. The molecule has 0 spiro atoms. The lowest BCUT2D eigenvalue weighted by atomic mass is 10.2. The van der Waals surface area contributed by atoms with Crippen molar-refractivity contribution in [1.82, 2.24) is 19.7 Å². The summed E-state index contributed by atoms with van der Waals surface area (Å²) >= 11 is 1.61. The van der Waals surface area contributed by atoms with Crippen LogP contribution in [0.5, 0.6) is 0 Å². The van der Waals surface area contributed by atoms with E-state index < -0.39 is 0 Å². The fourth-order valence-electron chi connectivity index (χ4n) is 2.29. The molecule has 0 amide bonds. The zero-order valence-electron chi connectivity index (χ0n) is 13.8. The topological polar surface area (TPSA) is 66.0 Å². The summed E-state index contributed by atoms with van der Waals surface area (Å²) in [6.07, 6.45) is 2.69. The quantitative estimate of drug-likeness (QED) is 0.460. The van der Waals surface area contributed by atoms with Crippen molar-refractivity contribution in [2.75, 3.05) is 13.7 Å². The fourth-order valence-corrected chi connectivity index (χ4v) is 3.23. The van der Waals surface area contributed by atoms with Gasteiger partial charge in [-0.05, 0) is 25.5 Å². The van der Waals surface area contributed by atoms with Crippen molar-refractivity contribution in [3.05, 3.63) is 48.1 Å². The van der Waals surface area contributed by atoms with Gasteiger partial charge in [0.05, 0.1) is 5.69 Å². The Bertz CT molecular complexity index is 770. The normalized spacial score (nSPS) is 11.1. The first-order valence-electron chi connectivity index (χ1n) is 7.79. The number of benzene rings is 1. The first-order chi connectivity index (χ1) is 11.8. The minimum atomic E-state index is 0.658. The molecule has 3 aromatic rings. The van der Waals surface area contributed by atoms with Crippen LogP contribution in [0.1, 0.15) is 17.9 Å². The number of ether oxygens (including phenoxy) is 1. The second kappa shape index (κ2) is 8.12. The van der Waals surface area contributed by atoms with E-state index in [0.717, 1.165) is 41.7 Å². The van der Waals surface area contributed by atoms with Crippen molar-refractivity contribution in [3.8, 4) is 11.5 Å². The molecule has 1 aromatic carbocycles. The molecule has 0 aliphatic heterocycles. The summed E-state index contributed by atoms with van der Waals surface area (Å²) in [6, 6.07) is 9.92. The highest BCUT2D eigenvalue weighted by Gasteiger charge is 2.13. The molecule has 0 fully saturated rings. The Hall–Kier alpha value is -2.12. The van der Waals surface area contributed by atoms with Crippen LogP contribution < -0.4 is 0 Å². The van der Waals surface area contributed by atoms with Crippen LogP contribution in [0.4, 0.5) is 0 Å². The van der Waals surface area contributed by atoms with Gasteiger partial charge < -0.3 is 13.7 Å². The lowest BCUT2D eigenvalue weighted by Gasteiger charge is -2.04. The van der Waals surface area contributed by atoms with Gasteiger partial charge in [-0.2, -0.15) is 0 Å². The highest BCUT2D eigenvalue weighted by atomic mass is 32.2. The minimum absolute atomic E-state index is 0.658. The summed E-state index contributed by atoms with van der Waals surface area (Å²) < 4.78 is 12.9. The highest BCUT2D eigenvalue weighted by Crippen LogP contribution is 2.26. The number of oxazole rings is 1. The first kappa shape index (κ1) is 16.7. The summed E-state index contributed by atoms with van der Waals surface area (Å²) in [7, 11) is 1.71. The molecule has 0 radical (unpaired) electrons. The molecule has 7 heteroatoms. The Morgan fingerprint density at radius 3 is 2.88 bits per heavy atom. The summed E-state index contributed by atoms with van der Waals surface area (Å²) in [5.74, 6) is 2.20. The third-order valence-corrected chi connectivity index (χ3v) is 4.57. The van der Waals surface area contributed by atoms with Crippen LogP contribution in [0.15, 0.2) is 46.2 Å². The van der Waals surface area contributed by atoms with E-state index >= 15 is 0 Å². The number of hydrogen-bond acceptors (Lipinski definition) is 6. The molecule has 0 atom stereocenters. The van der Waals surface area contributed by atoms with Crippen molar-refractivity contribution < 1.29 is 9.15 Å². The van der Waals surface area contributed by atoms with E-state index in [1.54, 1.807) is 25.2 Å². The van der Waals surface area contributed by atoms with E-state index in [1.807, 2.05) is 41.8 Å². The van der Waals surface area contributed by atoms with E-state index in [9.17, 15) is 0 Å². The maximum atomic E-state index is 5.80. The van der Waals surface area contributed by atoms with Gasteiger partial charge in [0.1, 0.15) is 12.1 Å². The Balaban J connectivity index is 1.65. The van der Waals surface area contributed by atoms with Crippen LogP contribution in [0.2, 0.25) is 0 Å². The van der Waals surface area contributed by atoms with Crippen molar-refractivity contribution in [1.29, 1.82) is 0 Å². The Morgan fingerprint density at radius 1 is 1.25 bits per heavy atom. The minimum Gasteiger partial charge on any atom is -0.441 e. The lowest BCUT2D eigenvalue weighted by molar-refractivity contribution is 0.189. The predicted octanol–water partition coefficient (Wildman–Crippen LogP) is 3.57. The van der Waals surface area contributed by atoms with E-state index in [1.165, 1.54) is 0 Å². The zero-order valence-corrected chi connectivity index (χ0v) is 14.6. The molecule has 0 aliphatic carbocycles. The largest absolute Gasteiger partial charge is 0.441 e. The van der Waals surface area contributed by atoms with Crippen LogP contribution in [-0.2, 0) is 17.0 Å². The summed E-state index contributed by atoms with van der Waals surface area (Å²) in [5.41, 5.74) is 1.92. The maximum Gasteiger partial charge on any atom is 0.226 e.